The molecule has 1 aliphatic carbocycles. The summed E-state index contributed by atoms with van der Waals surface area (Å²) in [6.45, 7) is 7.79. The van der Waals surface area contributed by atoms with E-state index < -0.39 is 0 Å². The van der Waals surface area contributed by atoms with Crippen LogP contribution in [0.3, 0.4) is 0 Å². The van der Waals surface area contributed by atoms with Crippen molar-refractivity contribution in [3.63, 3.8) is 0 Å². The highest BCUT2D eigenvalue weighted by atomic mass is 16.5. The molecule has 0 saturated heterocycles. The fourth-order valence-corrected chi connectivity index (χ4v) is 2.17. The van der Waals surface area contributed by atoms with Gasteiger partial charge in [-0.15, -0.1) is 0 Å². The van der Waals surface area contributed by atoms with Crippen LogP contribution in [0.4, 0.5) is 0 Å². The first-order valence-corrected chi connectivity index (χ1v) is 6.38. The Morgan fingerprint density at radius 1 is 1.24 bits per heavy atom. The third-order valence-corrected chi connectivity index (χ3v) is 3.36. The molecule has 1 saturated carbocycles. The van der Waals surface area contributed by atoms with Gasteiger partial charge in [-0.25, -0.2) is 0 Å². The lowest BCUT2D eigenvalue weighted by atomic mass is 10.1. The Bertz CT molecular complexity index is 364. The monoisotopic (exact) mass is 233 g/mol. The van der Waals surface area contributed by atoms with Crippen LogP contribution in [0.15, 0.2) is 24.3 Å². The third kappa shape index (κ3) is 3.47. The van der Waals surface area contributed by atoms with Gasteiger partial charge in [-0.05, 0) is 63.3 Å². The van der Waals surface area contributed by atoms with E-state index in [4.69, 9.17) is 4.74 Å². The van der Waals surface area contributed by atoms with Gasteiger partial charge in [0.15, 0.2) is 0 Å². The van der Waals surface area contributed by atoms with Crippen LogP contribution in [-0.4, -0.2) is 19.2 Å². The Morgan fingerprint density at radius 2 is 1.88 bits per heavy atom. The molecule has 0 aromatic heterocycles. The van der Waals surface area contributed by atoms with Crippen molar-refractivity contribution < 1.29 is 4.74 Å². The van der Waals surface area contributed by atoms with Crippen LogP contribution in [0.5, 0.6) is 5.75 Å². The molecule has 1 fully saturated rings. The summed E-state index contributed by atoms with van der Waals surface area (Å²) in [6.07, 6.45) is 1.31. The van der Waals surface area contributed by atoms with Crippen molar-refractivity contribution in [1.82, 2.24) is 5.32 Å². The van der Waals surface area contributed by atoms with Crippen molar-refractivity contribution in [2.75, 3.05) is 13.7 Å². The first-order chi connectivity index (χ1) is 7.99. The zero-order chi connectivity index (χ0) is 12.5. The molecule has 2 nitrogen and oxygen atoms in total. The van der Waals surface area contributed by atoms with Crippen LogP contribution < -0.4 is 10.1 Å². The number of hydrogen-bond donors (Lipinski definition) is 1. The fourth-order valence-electron chi connectivity index (χ4n) is 2.17. The molecule has 0 heterocycles. The number of nitrogens with one attached hydrogen (secondary N) is 1. The SMILES string of the molecule is COc1ccc(C2CC2CNC(C)(C)C)cc1. The molecule has 0 amide bonds. The molecular weight excluding hydrogens is 210 g/mol. The molecule has 0 radical (unpaired) electrons. The molecule has 1 aliphatic rings. The van der Waals surface area contributed by atoms with Gasteiger partial charge in [-0.2, -0.15) is 0 Å². The Balaban J connectivity index is 1.85. The van der Waals surface area contributed by atoms with Crippen molar-refractivity contribution in [3.05, 3.63) is 29.8 Å². The summed E-state index contributed by atoms with van der Waals surface area (Å²) >= 11 is 0. The lowest BCUT2D eigenvalue weighted by Gasteiger charge is -2.20. The van der Waals surface area contributed by atoms with Crippen LogP contribution in [0, 0.1) is 5.92 Å². The molecule has 0 spiro atoms. The minimum Gasteiger partial charge on any atom is -0.497 e. The summed E-state index contributed by atoms with van der Waals surface area (Å²) in [5.74, 6) is 2.50. The highest BCUT2D eigenvalue weighted by Crippen LogP contribution is 2.47. The number of benzene rings is 1. The van der Waals surface area contributed by atoms with Crippen LogP contribution in [-0.2, 0) is 0 Å². The van der Waals surface area contributed by atoms with Gasteiger partial charge in [0, 0.05) is 5.54 Å². The largest absolute Gasteiger partial charge is 0.497 e. The van der Waals surface area contributed by atoms with Gasteiger partial charge in [0.1, 0.15) is 5.75 Å². The Labute approximate surface area is 104 Å². The van der Waals surface area contributed by atoms with Gasteiger partial charge in [0.05, 0.1) is 7.11 Å². The quantitative estimate of drug-likeness (QED) is 0.862. The third-order valence-electron chi connectivity index (χ3n) is 3.36. The van der Waals surface area contributed by atoms with E-state index in [2.05, 4.69) is 50.4 Å². The second-order valence-corrected chi connectivity index (χ2v) is 6.01. The van der Waals surface area contributed by atoms with Crippen molar-refractivity contribution in [3.8, 4) is 5.75 Å². The van der Waals surface area contributed by atoms with Gasteiger partial charge in [0.25, 0.3) is 0 Å². The number of hydrogen-bond acceptors (Lipinski definition) is 2. The van der Waals surface area contributed by atoms with Crippen LogP contribution >= 0.6 is 0 Å². The van der Waals surface area contributed by atoms with E-state index >= 15 is 0 Å². The molecule has 2 atom stereocenters. The van der Waals surface area contributed by atoms with Gasteiger partial charge in [0.2, 0.25) is 0 Å². The summed E-state index contributed by atoms with van der Waals surface area (Å²) < 4.78 is 5.18. The van der Waals surface area contributed by atoms with Gasteiger partial charge in [-0.1, -0.05) is 12.1 Å². The molecule has 1 N–H and O–H groups in total. The second-order valence-electron chi connectivity index (χ2n) is 6.01. The van der Waals surface area contributed by atoms with E-state index in [1.807, 2.05) is 0 Å². The predicted molar refractivity (Wildman–Crippen MR) is 71.6 cm³/mol. The lowest BCUT2D eigenvalue weighted by Crippen LogP contribution is -2.37. The zero-order valence-corrected chi connectivity index (χ0v) is 11.3. The minimum absolute atomic E-state index is 0.229. The highest BCUT2D eigenvalue weighted by Gasteiger charge is 2.38. The number of methoxy groups -OCH3 is 1. The smallest absolute Gasteiger partial charge is 0.118 e. The molecule has 94 valence electrons. The molecule has 2 heteroatoms. The van der Waals surface area contributed by atoms with Crippen molar-refractivity contribution >= 4 is 0 Å². The fraction of sp³-hybridized carbons (Fsp3) is 0.600. The number of rotatable bonds is 4. The van der Waals surface area contributed by atoms with Crippen molar-refractivity contribution in [2.24, 2.45) is 5.92 Å². The summed E-state index contributed by atoms with van der Waals surface area (Å²) in [5, 5.41) is 3.58. The van der Waals surface area contributed by atoms with E-state index in [0.29, 0.717) is 0 Å². The van der Waals surface area contributed by atoms with E-state index in [1.165, 1.54) is 12.0 Å². The summed E-state index contributed by atoms with van der Waals surface area (Å²) in [5.41, 5.74) is 1.68. The topological polar surface area (TPSA) is 21.3 Å². The van der Waals surface area contributed by atoms with Crippen molar-refractivity contribution in [1.29, 1.82) is 0 Å². The summed E-state index contributed by atoms with van der Waals surface area (Å²) in [7, 11) is 1.71. The molecule has 1 aromatic carbocycles. The predicted octanol–water partition coefficient (Wildman–Crippen LogP) is 3.19. The normalized spacial score (nSPS) is 23.5. The standard InChI is InChI=1S/C15H23NO/c1-15(2,3)16-10-12-9-14(12)11-5-7-13(17-4)8-6-11/h5-8,12,14,16H,9-10H2,1-4H3. The Morgan fingerprint density at radius 3 is 2.41 bits per heavy atom. The molecule has 2 rings (SSSR count). The van der Waals surface area contributed by atoms with Crippen LogP contribution in [0.2, 0.25) is 0 Å². The Kier molecular flexibility index (Phi) is 3.43. The van der Waals surface area contributed by atoms with Crippen molar-refractivity contribution in [2.45, 2.75) is 38.6 Å². The Hall–Kier alpha value is -1.02. The maximum atomic E-state index is 5.18. The van der Waals surface area contributed by atoms with E-state index in [-0.39, 0.29) is 5.54 Å². The maximum absolute atomic E-state index is 5.18. The highest BCUT2D eigenvalue weighted by molar-refractivity contribution is 5.32. The average Bonchev–Trinajstić information content (AvgIpc) is 3.05. The minimum atomic E-state index is 0.229. The van der Waals surface area contributed by atoms with E-state index in [0.717, 1.165) is 24.1 Å². The van der Waals surface area contributed by atoms with E-state index in [9.17, 15) is 0 Å². The summed E-state index contributed by atoms with van der Waals surface area (Å²) in [4.78, 5) is 0. The molecule has 1 aromatic rings. The molecular formula is C15H23NO. The first-order valence-electron chi connectivity index (χ1n) is 6.38. The molecule has 17 heavy (non-hydrogen) atoms. The summed E-state index contributed by atoms with van der Waals surface area (Å²) in [6, 6.07) is 8.50. The van der Waals surface area contributed by atoms with Crippen LogP contribution in [0.1, 0.15) is 38.7 Å². The zero-order valence-electron chi connectivity index (χ0n) is 11.3. The maximum Gasteiger partial charge on any atom is 0.118 e. The van der Waals surface area contributed by atoms with Gasteiger partial charge < -0.3 is 10.1 Å². The lowest BCUT2D eigenvalue weighted by molar-refractivity contribution is 0.413. The van der Waals surface area contributed by atoms with Crippen LogP contribution in [0.25, 0.3) is 0 Å². The first kappa shape index (κ1) is 12.4. The molecule has 0 aliphatic heterocycles. The van der Waals surface area contributed by atoms with E-state index in [1.54, 1.807) is 7.11 Å². The average molecular weight is 233 g/mol. The van der Waals surface area contributed by atoms with Gasteiger partial charge >= 0.3 is 0 Å². The van der Waals surface area contributed by atoms with Gasteiger partial charge in [-0.3, -0.25) is 0 Å². The molecule has 0 bridgehead atoms. The number of ether oxygens (including phenoxy) is 1. The second kappa shape index (κ2) is 4.69. The molecule has 2 unspecified atom stereocenters.